The van der Waals surface area contributed by atoms with Gasteiger partial charge in [0.05, 0.1) is 0 Å². The Balaban J connectivity index is 1.47. The number of fused-ring (bicyclic) bond motifs is 1. The third-order valence-corrected chi connectivity index (χ3v) is 6.00. The fourth-order valence-corrected chi connectivity index (χ4v) is 3.83. The molecule has 4 rings (SSSR count). The smallest absolute Gasteiger partial charge is 0.262 e. The van der Waals surface area contributed by atoms with Gasteiger partial charge in [-0.05, 0) is 61.6 Å². The fourth-order valence-electron chi connectivity index (χ4n) is 3.65. The lowest BCUT2D eigenvalue weighted by atomic mass is 9.99. The first-order valence-corrected chi connectivity index (χ1v) is 10.7. The van der Waals surface area contributed by atoms with Gasteiger partial charge in [0.25, 0.3) is 5.91 Å². The Kier molecular flexibility index (Phi) is 6.09. The molecule has 1 aromatic heterocycles. The number of amides is 1. The van der Waals surface area contributed by atoms with Crippen LogP contribution in [0.5, 0.6) is 5.75 Å². The number of nitrogens with one attached hydrogen (secondary N) is 1. The molecule has 0 atom stereocenters. The Bertz CT molecular complexity index is 1060. The Morgan fingerprint density at radius 3 is 2.77 bits per heavy atom. The summed E-state index contributed by atoms with van der Waals surface area (Å²) >= 11 is 6.13. The molecular weight excluding hydrogens is 398 g/mol. The topological polar surface area (TPSA) is 54.5 Å². The Morgan fingerprint density at radius 2 is 2.00 bits per heavy atom. The highest BCUT2D eigenvalue weighted by molar-refractivity contribution is 6.31. The van der Waals surface area contributed by atoms with Gasteiger partial charge in [-0.2, -0.15) is 0 Å². The Hall–Kier alpha value is -2.79. The molecule has 30 heavy (non-hydrogen) atoms. The predicted molar refractivity (Wildman–Crippen MR) is 123 cm³/mol. The summed E-state index contributed by atoms with van der Waals surface area (Å²) in [7, 11) is 0. The predicted octanol–water partition coefficient (Wildman–Crippen LogP) is 5.45. The summed E-state index contributed by atoms with van der Waals surface area (Å²) in [5.74, 6) is 2.09. The van der Waals surface area contributed by atoms with Crippen molar-refractivity contribution in [3.05, 3.63) is 59.1 Å². The lowest BCUT2D eigenvalue weighted by Crippen LogP contribution is -2.33. The average Bonchev–Trinajstić information content (AvgIpc) is 2.75. The molecular formula is C24H26ClN3O2. The van der Waals surface area contributed by atoms with Gasteiger partial charge in [-0.15, -0.1) is 0 Å². The van der Waals surface area contributed by atoms with E-state index in [0.29, 0.717) is 16.5 Å². The maximum absolute atomic E-state index is 12.4. The number of benzene rings is 2. The van der Waals surface area contributed by atoms with E-state index >= 15 is 0 Å². The van der Waals surface area contributed by atoms with Crippen LogP contribution in [0.4, 0.5) is 11.5 Å². The molecule has 0 unspecified atom stereocenters. The number of para-hydroxylation sites is 1. The third kappa shape index (κ3) is 4.68. The summed E-state index contributed by atoms with van der Waals surface area (Å²) < 4.78 is 5.84. The fraction of sp³-hybridized carbons (Fsp3) is 0.333. The van der Waals surface area contributed by atoms with Crippen molar-refractivity contribution >= 4 is 39.9 Å². The second-order valence-corrected chi connectivity index (χ2v) is 8.37. The molecule has 1 saturated heterocycles. The minimum Gasteiger partial charge on any atom is -0.481 e. The van der Waals surface area contributed by atoms with E-state index in [1.807, 2.05) is 37.3 Å². The lowest BCUT2D eigenvalue weighted by molar-refractivity contribution is -0.118. The zero-order valence-electron chi connectivity index (χ0n) is 17.3. The van der Waals surface area contributed by atoms with Crippen molar-refractivity contribution in [3.63, 3.8) is 0 Å². The van der Waals surface area contributed by atoms with Crippen molar-refractivity contribution in [2.75, 3.05) is 29.9 Å². The molecule has 2 heterocycles. The molecule has 1 aliphatic heterocycles. The summed E-state index contributed by atoms with van der Waals surface area (Å²) in [6.45, 7) is 6.15. The van der Waals surface area contributed by atoms with E-state index in [4.69, 9.17) is 21.3 Å². The zero-order chi connectivity index (χ0) is 21.1. The van der Waals surface area contributed by atoms with Crippen molar-refractivity contribution in [3.8, 4) is 5.75 Å². The number of pyridine rings is 1. The molecule has 156 valence electrons. The molecule has 0 bridgehead atoms. The SMILES string of the molecule is Cc1ccc(NC(=O)COc2cccc3ccc(N4CCC(C)CC4)nc23)cc1Cl. The van der Waals surface area contributed by atoms with E-state index in [-0.39, 0.29) is 12.5 Å². The number of halogens is 1. The Morgan fingerprint density at radius 1 is 1.20 bits per heavy atom. The molecule has 1 aliphatic rings. The number of rotatable bonds is 5. The molecule has 2 aromatic carbocycles. The van der Waals surface area contributed by atoms with E-state index in [1.54, 1.807) is 6.07 Å². The minimum absolute atomic E-state index is 0.0995. The maximum Gasteiger partial charge on any atom is 0.262 e. The summed E-state index contributed by atoms with van der Waals surface area (Å²) in [5.41, 5.74) is 2.39. The monoisotopic (exact) mass is 423 g/mol. The summed E-state index contributed by atoms with van der Waals surface area (Å²) in [6, 6.07) is 15.3. The van der Waals surface area contributed by atoms with Crippen LogP contribution in [0.3, 0.4) is 0 Å². The maximum atomic E-state index is 12.4. The number of hydrogen-bond acceptors (Lipinski definition) is 4. The van der Waals surface area contributed by atoms with E-state index < -0.39 is 0 Å². The molecule has 1 fully saturated rings. The van der Waals surface area contributed by atoms with Crippen molar-refractivity contribution in [2.45, 2.75) is 26.7 Å². The van der Waals surface area contributed by atoms with Gasteiger partial charge in [-0.1, -0.05) is 36.7 Å². The number of carbonyl (C=O) groups is 1. The standard InChI is InChI=1S/C24H26ClN3O2/c1-16-10-12-28(13-11-16)22-9-7-18-4-3-5-21(24(18)27-22)30-15-23(29)26-19-8-6-17(2)20(25)14-19/h3-9,14,16H,10-13,15H2,1-2H3,(H,26,29). The first kappa shape index (κ1) is 20.5. The van der Waals surface area contributed by atoms with Gasteiger partial charge in [-0.3, -0.25) is 4.79 Å². The van der Waals surface area contributed by atoms with E-state index in [0.717, 1.165) is 41.3 Å². The number of carbonyl (C=O) groups excluding carboxylic acids is 1. The molecule has 5 nitrogen and oxygen atoms in total. The summed E-state index contributed by atoms with van der Waals surface area (Å²) in [4.78, 5) is 19.5. The molecule has 0 spiro atoms. The number of ether oxygens (including phenoxy) is 1. The second-order valence-electron chi connectivity index (χ2n) is 7.97. The zero-order valence-corrected chi connectivity index (χ0v) is 18.1. The molecule has 3 aromatic rings. The highest BCUT2D eigenvalue weighted by atomic mass is 35.5. The number of piperidine rings is 1. The van der Waals surface area contributed by atoms with Gasteiger partial charge in [0.1, 0.15) is 17.1 Å². The molecule has 0 radical (unpaired) electrons. The molecule has 0 aliphatic carbocycles. The molecule has 1 amide bonds. The average molecular weight is 424 g/mol. The molecule has 0 saturated carbocycles. The highest BCUT2D eigenvalue weighted by Crippen LogP contribution is 2.28. The number of aryl methyl sites for hydroxylation is 1. The van der Waals surface area contributed by atoms with Crippen LogP contribution in [0.1, 0.15) is 25.3 Å². The van der Waals surface area contributed by atoms with Gasteiger partial charge < -0.3 is 15.0 Å². The number of anilines is 2. The van der Waals surface area contributed by atoms with Crippen LogP contribution in [-0.4, -0.2) is 30.6 Å². The van der Waals surface area contributed by atoms with Crippen LogP contribution in [-0.2, 0) is 4.79 Å². The molecule has 1 N–H and O–H groups in total. The normalized spacial score (nSPS) is 14.7. The summed E-state index contributed by atoms with van der Waals surface area (Å²) in [6.07, 6.45) is 2.36. The first-order valence-electron chi connectivity index (χ1n) is 10.3. The third-order valence-electron chi connectivity index (χ3n) is 5.59. The van der Waals surface area contributed by atoms with Gasteiger partial charge in [0.15, 0.2) is 6.61 Å². The molecule has 6 heteroatoms. The van der Waals surface area contributed by atoms with Crippen molar-refractivity contribution in [1.29, 1.82) is 0 Å². The lowest BCUT2D eigenvalue weighted by Gasteiger charge is -2.31. The number of nitrogens with zero attached hydrogens (tertiary/aromatic N) is 2. The van der Waals surface area contributed by atoms with Crippen LogP contribution in [0.25, 0.3) is 10.9 Å². The highest BCUT2D eigenvalue weighted by Gasteiger charge is 2.18. The van der Waals surface area contributed by atoms with Crippen LogP contribution in [0, 0.1) is 12.8 Å². The van der Waals surface area contributed by atoms with Crippen LogP contribution < -0.4 is 15.0 Å². The van der Waals surface area contributed by atoms with Gasteiger partial charge >= 0.3 is 0 Å². The largest absolute Gasteiger partial charge is 0.481 e. The van der Waals surface area contributed by atoms with Crippen molar-refractivity contribution < 1.29 is 9.53 Å². The Labute approximate surface area is 182 Å². The van der Waals surface area contributed by atoms with Crippen molar-refractivity contribution in [1.82, 2.24) is 4.98 Å². The van der Waals surface area contributed by atoms with Crippen molar-refractivity contribution in [2.24, 2.45) is 5.92 Å². The van der Waals surface area contributed by atoms with E-state index in [1.165, 1.54) is 12.8 Å². The summed E-state index contributed by atoms with van der Waals surface area (Å²) in [5, 5.41) is 4.43. The number of hydrogen-bond donors (Lipinski definition) is 1. The minimum atomic E-state index is -0.243. The van der Waals surface area contributed by atoms with Crippen LogP contribution in [0.2, 0.25) is 5.02 Å². The van der Waals surface area contributed by atoms with Gasteiger partial charge in [0.2, 0.25) is 0 Å². The van der Waals surface area contributed by atoms with Crippen LogP contribution in [0.15, 0.2) is 48.5 Å². The van der Waals surface area contributed by atoms with Gasteiger partial charge in [0, 0.05) is 29.2 Å². The van der Waals surface area contributed by atoms with Gasteiger partial charge in [-0.25, -0.2) is 4.98 Å². The first-order chi connectivity index (χ1) is 14.5. The number of aromatic nitrogens is 1. The van der Waals surface area contributed by atoms with E-state index in [9.17, 15) is 4.79 Å². The second kappa shape index (κ2) is 8.92. The van der Waals surface area contributed by atoms with E-state index in [2.05, 4.69) is 29.3 Å². The van der Waals surface area contributed by atoms with Crippen LogP contribution >= 0.6 is 11.6 Å². The quantitative estimate of drug-likeness (QED) is 0.592.